The van der Waals surface area contributed by atoms with Crippen LogP contribution < -0.4 is 4.74 Å². The molecule has 0 saturated carbocycles. The molecule has 17 heavy (non-hydrogen) atoms. The molecule has 0 heterocycles. The second-order valence-electron chi connectivity index (χ2n) is 4.72. The summed E-state index contributed by atoms with van der Waals surface area (Å²) in [6, 6.07) is 7.51. The molecule has 0 amide bonds. The minimum atomic E-state index is 0.0666. The van der Waals surface area contributed by atoms with E-state index in [1.807, 2.05) is 45.0 Å². The van der Waals surface area contributed by atoms with Gasteiger partial charge in [0, 0.05) is 5.92 Å². The van der Waals surface area contributed by atoms with Crippen molar-refractivity contribution < 1.29 is 9.53 Å². The Labute approximate surface area is 104 Å². The predicted molar refractivity (Wildman–Crippen MR) is 70.6 cm³/mol. The third kappa shape index (κ3) is 3.88. The summed E-state index contributed by atoms with van der Waals surface area (Å²) in [6.07, 6.45) is 2.04. The van der Waals surface area contributed by atoms with Crippen LogP contribution in [0.4, 0.5) is 0 Å². The lowest BCUT2D eigenvalue weighted by Crippen LogP contribution is -2.15. The minimum absolute atomic E-state index is 0.0666. The lowest BCUT2D eigenvalue weighted by molar-refractivity contribution is 0.0917. The Balaban J connectivity index is 2.92. The van der Waals surface area contributed by atoms with Crippen molar-refractivity contribution in [1.29, 1.82) is 0 Å². The van der Waals surface area contributed by atoms with Crippen molar-refractivity contribution in [3.05, 3.63) is 29.8 Å². The van der Waals surface area contributed by atoms with E-state index in [0.29, 0.717) is 11.3 Å². The molecule has 1 rings (SSSR count). The predicted octanol–water partition coefficient (Wildman–Crippen LogP) is 4.09. The molecule has 0 saturated heterocycles. The SMILES string of the molecule is CCCC(C)C(=O)c1ccccc1OC(C)C. The summed E-state index contributed by atoms with van der Waals surface area (Å²) in [5.74, 6) is 0.954. The van der Waals surface area contributed by atoms with Crippen molar-refractivity contribution in [3.63, 3.8) is 0 Å². The monoisotopic (exact) mass is 234 g/mol. The van der Waals surface area contributed by atoms with Crippen LogP contribution in [-0.4, -0.2) is 11.9 Å². The van der Waals surface area contributed by atoms with Crippen molar-refractivity contribution in [2.45, 2.75) is 46.6 Å². The van der Waals surface area contributed by atoms with E-state index >= 15 is 0 Å². The quantitative estimate of drug-likeness (QED) is 0.693. The Bertz CT molecular complexity index is 369. The van der Waals surface area contributed by atoms with E-state index in [4.69, 9.17) is 4.74 Å². The van der Waals surface area contributed by atoms with E-state index in [9.17, 15) is 4.79 Å². The molecule has 0 aromatic heterocycles. The van der Waals surface area contributed by atoms with Crippen molar-refractivity contribution in [2.75, 3.05) is 0 Å². The molecule has 0 bridgehead atoms. The van der Waals surface area contributed by atoms with Crippen LogP contribution in [0.25, 0.3) is 0 Å². The third-order valence-electron chi connectivity index (χ3n) is 2.68. The van der Waals surface area contributed by atoms with Crippen LogP contribution in [0.1, 0.15) is 50.9 Å². The first-order valence-corrected chi connectivity index (χ1v) is 6.36. The second-order valence-corrected chi connectivity index (χ2v) is 4.72. The molecule has 0 N–H and O–H groups in total. The van der Waals surface area contributed by atoms with Crippen LogP contribution in [0.5, 0.6) is 5.75 Å². The number of ketones is 1. The maximum atomic E-state index is 12.3. The highest BCUT2D eigenvalue weighted by molar-refractivity contribution is 6.00. The number of Topliss-reactive ketones (excluding diaryl/α,β-unsaturated/α-hetero) is 1. The summed E-state index contributed by atoms with van der Waals surface area (Å²) < 4.78 is 5.67. The molecular formula is C15H22O2. The van der Waals surface area contributed by atoms with Crippen LogP contribution in [0.15, 0.2) is 24.3 Å². The first-order chi connectivity index (χ1) is 8.06. The molecule has 0 radical (unpaired) electrons. The Morgan fingerprint density at radius 1 is 1.24 bits per heavy atom. The van der Waals surface area contributed by atoms with Crippen LogP contribution >= 0.6 is 0 Å². The molecule has 94 valence electrons. The zero-order valence-corrected chi connectivity index (χ0v) is 11.2. The first-order valence-electron chi connectivity index (χ1n) is 6.36. The Kier molecular flexibility index (Phi) is 5.20. The lowest BCUT2D eigenvalue weighted by atomic mass is 9.95. The highest BCUT2D eigenvalue weighted by Crippen LogP contribution is 2.24. The Morgan fingerprint density at radius 2 is 1.88 bits per heavy atom. The normalized spacial score (nSPS) is 12.5. The lowest BCUT2D eigenvalue weighted by Gasteiger charge is -2.15. The zero-order chi connectivity index (χ0) is 12.8. The number of ether oxygens (including phenoxy) is 1. The number of rotatable bonds is 6. The minimum Gasteiger partial charge on any atom is -0.490 e. The van der Waals surface area contributed by atoms with Gasteiger partial charge in [0.1, 0.15) is 5.75 Å². The van der Waals surface area contributed by atoms with Crippen molar-refractivity contribution in [1.82, 2.24) is 0 Å². The van der Waals surface area contributed by atoms with Gasteiger partial charge in [-0.2, -0.15) is 0 Å². The average molecular weight is 234 g/mol. The number of benzene rings is 1. The van der Waals surface area contributed by atoms with E-state index in [1.54, 1.807) is 0 Å². The summed E-state index contributed by atoms with van der Waals surface area (Å²) in [5.41, 5.74) is 0.710. The first kappa shape index (κ1) is 13.8. The fraction of sp³-hybridized carbons (Fsp3) is 0.533. The van der Waals surface area contributed by atoms with Gasteiger partial charge in [-0.1, -0.05) is 32.4 Å². The molecule has 1 aromatic rings. The second kappa shape index (κ2) is 6.43. The number of carbonyl (C=O) groups excluding carboxylic acids is 1. The van der Waals surface area contributed by atoms with E-state index in [2.05, 4.69) is 6.92 Å². The molecule has 1 atom stereocenters. The van der Waals surface area contributed by atoms with Crippen molar-refractivity contribution in [2.24, 2.45) is 5.92 Å². The molecule has 2 heteroatoms. The van der Waals surface area contributed by atoms with Gasteiger partial charge in [-0.25, -0.2) is 0 Å². The summed E-state index contributed by atoms with van der Waals surface area (Å²) in [6.45, 7) is 8.02. The Morgan fingerprint density at radius 3 is 2.47 bits per heavy atom. The summed E-state index contributed by atoms with van der Waals surface area (Å²) in [7, 11) is 0. The van der Waals surface area contributed by atoms with Crippen LogP contribution in [-0.2, 0) is 0 Å². The maximum absolute atomic E-state index is 12.3. The van der Waals surface area contributed by atoms with Gasteiger partial charge in [0.05, 0.1) is 11.7 Å². The number of para-hydroxylation sites is 1. The molecule has 2 nitrogen and oxygen atoms in total. The van der Waals surface area contributed by atoms with Gasteiger partial charge in [0.25, 0.3) is 0 Å². The molecule has 0 aliphatic rings. The molecule has 0 aliphatic heterocycles. The van der Waals surface area contributed by atoms with E-state index in [0.717, 1.165) is 12.8 Å². The van der Waals surface area contributed by atoms with Gasteiger partial charge >= 0.3 is 0 Å². The number of hydrogen-bond acceptors (Lipinski definition) is 2. The van der Waals surface area contributed by atoms with Gasteiger partial charge in [-0.15, -0.1) is 0 Å². The largest absolute Gasteiger partial charge is 0.490 e. The van der Waals surface area contributed by atoms with Gasteiger partial charge < -0.3 is 4.74 Å². The Hall–Kier alpha value is -1.31. The van der Waals surface area contributed by atoms with Crippen molar-refractivity contribution in [3.8, 4) is 5.75 Å². The molecule has 1 aromatic carbocycles. The highest BCUT2D eigenvalue weighted by atomic mass is 16.5. The van der Waals surface area contributed by atoms with Crippen molar-refractivity contribution >= 4 is 5.78 Å². The maximum Gasteiger partial charge on any atom is 0.169 e. The van der Waals surface area contributed by atoms with Crippen LogP contribution in [0.2, 0.25) is 0 Å². The van der Waals surface area contributed by atoms with Crippen LogP contribution in [0.3, 0.4) is 0 Å². The molecule has 0 fully saturated rings. The van der Waals surface area contributed by atoms with E-state index in [-0.39, 0.29) is 17.8 Å². The zero-order valence-electron chi connectivity index (χ0n) is 11.2. The summed E-state index contributed by atoms with van der Waals surface area (Å²) >= 11 is 0. The number of carbonyl (C=O) groups is 1. The topological polar surface area (TPSA) is 26.3 Å². The fourth-order valence-corrected chi connectivity index (χ4v) is 1.86. The van der Waals surface area contributed by atoms with Gasteiger partial charge in [-0.3, -0.25) is 4.79 Å². The number of hydrogen-bond donors (Lipinski definition) is 0. The highest BCUT2D eigenvalue weighted by Gasteiger charge is 2.18. The van der Waals surface area contributed by atoms with E-state index < -0.39 is 0 Å². The van der Waals surface area contributed by atoms with Gasteiger partial charge in [0.2, 0.25) is 0 Å². The molecule has 1 unspecified atom stereocenters. The summed E-state index contributed by atoms with van der Waals surface area (Å²) in [5, 5.41) is 0. The van der Waals surface area contributed by atoms with Gasteiger partial charge in [-0.05, 0) is 32.4 Å². The third-order valence-corrected chi connectivity index (χ3v) is 2.68. The molecular weight excluding hydrogens is 212 g/mol. The van der Waals surface area contributed by atoms with E-state index in [1.165, 1.54) is 0 Å². The standard InChI is InChI=1S/C15H22O2/c1-5-8-12(4)15(16)13-9-6-7-10-14(13)17-11(2)3/h6-7,9-12H,5,8H2,1-4H3. The van der Waals surface area contributed by atoms with Crippen LogP contribution in [0, 0.1) is 5.92 Å². The summed E-state index contributed by atoms with van der Waals surface area (Å²) in [4.78, 5) is 12.3. The average Bonchev–Trinajstić information content (AvgIpc) is 2.28. The molecule has 0 spiro atoms. The van der Waals surface area contributed by atoms with Gasteiger partial charge in [0.15, 0.2) is 5.78 Å². The molecule has 0 aliphatic carbocycles. The smallest absolute Gasteiger partial charge is 0.169 e. The fourth-order valence-electron chi connectivity index (χ4n) is 1.86.